The molecule has 0 unspecified atom stereocenters. The van der Waals surface area contributed by atoms with Crippen molar-refractivity contribution in [2.24, 2.45) is 0 Å². The summed E-state index contributed by atoms with van der Waals surface area (Å²) in [6.07, 6.45) is 0. The minimum Gasteiger partial charge on any atom is -0.493 e. The van der Waals surface area contributed by atoms with Crippen LogP contribution < -0.4 is 14.2 Å². The van der Waals surface area contributed by atoms with Crippen molar-refractivity contribution in [1.29, 1.82) is 0 Å². The molecule has 1 heterocycles. The van der Waals surface area contributed by atoms with Gasteiger partial charge in [-0.3, -0.25) is 4.79 Å². The van der Waals surface area contributed by atoms with E-state index < -0.39 is 0 Å². The van der Waals surface area contributed by atoms with Gasteiger partial charge >= 0.3 is 0 Å². The van der Waals surface area contributed by atoms with E-state index in [-0.39, 0.29) is 5.78 Å². The largest absolute Gasteiger partial charge is 0.493 e. The average Bonchev–Trinajstić information content (AvgIpc) is 2.91. The van der Waals surface area contributed by atoms with E-state index >= 15 is 0 Å². The van der Waals surface area contributed by atoms with E-state index in [1.165, 1.54) is 32.7 Å². The van der Waals surface area contributed by atoms with Crippen LogP contribution in [0.3, 0.4) is 0 Å². The third kappa shape index (κ3) is 2.66. The zero-order valence-electron chi connectivity index (χ0n) is 11.2. The summed E-state index contributed by atoms with van der Waals surface area (Å²) in [6, 6.07) is 5.15. The Morgan fingerprint density at radius 3 is 2.30 bits per heavy atom. The number of ketones is 1. The predicted octanol–water partition coefficient (Wildman–Crippen LogP) is 3.77. The Labute approximate surface area is 129 Å². The highest BCUT2D eigenvalue weighted by Gasteiger charge is 2.22. The van der Waals surface area contributed by atoms with E-state index in [4.69, 9.17) is 14.2 Å². The summed E-state index contributed by atoms with van der Waals surface area (Å²) in [5, 5.41) is 1.79. The van der Waals surface area contributed by atoms with Crippen molar-refractivity contribution in [2.75, 3.05) is 21.3 Å². The highest BCUT2D eigenvalue weighted by atomic mass is 79.9. The third-order valence-electron chi connectivity index (χ3n) is 2.78. The van der Waals surface area contributed by atoms with Gasteiger partial charge in [0.15, 0.2) is 17.3 Å². The van der Waals surface area contributed by atoms with Gasteiger partial charge < -0.3 is 14.2 Å². The first-order valence-corrected chi connectivity index (χ1v) is 7.37. The van der Waals surface area contributed by atoms with Crippen LogP contribution in [0.5, 0.6) is 17.2 Å². The fraction of sp³-hybridized carbons (Fsp3) is 0.214. The second-order valence-electron chi connectivity index (χ2n) is 3.85. The molecule has 1 aromatic heterocycles. The molecule has 0 saturated heterocycles. The van der Waals surface area contributed by atoms with Crippen molar-refractivity contribution in [3.63, 3.8) is 0 Å². The molecular weight excluding hydrogens is 344 g/mol. The fourth-order valence-electron chi connectivity index (χ4n) is 1.86. The lowest BCUT2D eigenvalue weighted by atomic mass is 10.0. The van der Waals surface area contributed by atoms with Gasteiger partial charge in [-0.1, -0.05) is 0 Å². The number of carbonyl (C=O) groups is 1. The summed E-state index contributed by atoms with van der Waals surface area (Å²) < 4.78 is 16.7. The predicted molar refractivity (Wildman–Crippen MR) is 81.5 cm³/mol. The molecule has 6 heteroatoms. The lowest BCUT2D eigenvalue weighted by molar-refractivity contribution is 0.103. The minimum absolute atomic E-state index is 0.121. The van der Waals surface area contributed by atoms with E-state index in [2.05, 4.69) is 15.9 Å². The Kier molecular flexibility index (Phi) is 4.67. The molecule has 2 rings (SSSR count). The summed E-state index contributed by atoms with van der Waals surface area (Å²) in [5.74, 6) is 1.19. The maximum Gasteiger partial charge on any atom is 0.204 e. The number of thiophene rings is 1. The maximum absolute atomic E-state index is 12.5. The SMILES string of the molecule is COc1ccc(C(=O)c2csc(Br)c2)c(OC)c1OC. The lowest BCUT2D eigenvalue weighted by Gasteiger charge is -2.14. The molecule has 0 saturated carbocycles. The van der Waals surface area contributed by atoms with Crippen molar-refractivity contribution in [3.05, 3.63) is 38.5 Å². The monoisotopic (exact) mass is 356 g/mol. The third-order valence-corrected chi connectivity index (χ3v) is 4.28. The van der Waals surface area contributed by atoms with Gasteiger partial charge in [-0.15, -0.1) is 11.3 Å². The molecule has 0 amide bonds. The number of halogens is 1. The van der Waals surface area contributed by atoms with Gasteiger partial charge in [0.05, 0.1) is 30.7 Å². The average molecular weight is 357 g/mol. The van der Waals surface area contributed by atoms with Gasteiger partial charge in [-0.25, -0.2) is 0 Å². The topological polar surface area (TPSA) is 44.8 Å². The summed E-state index contributed by atoms with van der Waals surface area (Å²) in [5.41, 5.74) is 1.04. The van der Waals surface area contributed by atoms with E-state index in [9.17, 15) is 4.79 Å². The van der Waals surface area contributed by atoms with E-state index in [0.29, 0.717) is 28.4 Å². The Morgan fingerprint density at radius 1 is 1.10 bits per heavy atom. The molecule has 0 radical (unpaired) electrons. The number of hydrogen-bond acceptors (Lipinski definition) is 5. The molecule has 0 spiro atoms. The summed E-state index contributed by atoms with van der Waals surface area (Å²) in [4.78, 5) is 12.5. The second kappa shape index (κ2) is 6.28. The Morgan fingerprint density at radius 2 is 1.80 bits per heavy atom. The van der Waals surface area contributed by atoms with E-state index in [0.717, 1.165) is 3.79 Å². The highest BCUT2D eigenvalue weighted by Crippen LogP contribution is 2.40. The first-order valence-electron chi connectivity index (χ1n) is 5.70. The van der Waals surface area contributed by atoms with Crippen LogP contribution in [-0.2, 0) is 0 Å². The molecule has 20 heavy (non-hydrogen) atoms. The molecule has 0 aliphatic rings. The van der Waals surface area contributed by atoms with Gasteiger partial charge in [-0.2, -0.15) is 0 Å². The molecule has 2 aromatic rings. The number of methoxy groups -OCH3 is 3. The van der Waals surface area contributed by atoms with Crippen molar-refractivity contribution >= 4 is 33.0 Å². The van der Waals surface area contributed by atoms with Crippen molar-refractivity contribution in [1.82, 2.24) is 0 Å². The van der Waals surface area contributed by atoms with Crippen molar-refractivity contribution in [2.45, 2.75) is 0 Å². The van der Waals surface area contributed by atoms with Crippen LogP contribution >= 0.6 is 27.3 Å². The summed E-state index contributed by atoms with van der Waals surface area (Å²) >= 11 is 4.81. The van der Waals surface area contributed by atoms with E-state index in [1.54, 1.807) is 23.6 Å². The smallest absolute Gasteiger partial charge is 0.204 e. The molecular formula is C14H13BrO4S. The van der Waals surface area contributed by atoms with Crippen LogP contribution in [0.15, 0.2) is 27.4 Å². The Balaban J connectivity index is 2.54. The van der Waals surface area contributed by atoms with Gasteiger partial charge in [0.25, 0.3) is 0 Å². The van der Waals surface area contributed by atoms with Crippen LogP contribution in [0, 0.1) is 0 Å². The van der Waals surface area contributed by atoms with Crippen molar-refractivity contribution in [3.8, 4) is 17.2 Å². The minimum atomic E-state index is -0.121. The normalized spacial score (nSPS) is 10.2. The van der Waals surface area contributed by atoms with Gasteiger partial charge in [0.1, 0.15) is 0 Å². The van der Waals surface area contributed by atoms with Crippen LogP contribution in [-0.4, -0.2) is 27.1 Å². The molecule has 0 aliphatic carbocycles. The standard InChI is InChI=1S/C14H13BrO4S/c1-17-10-5-4-9(13(18-2)14(10)19-3)12(16)8-6-11(15)20-7-8/h4-7H,1-3H3. The molecule has 0 N–H and O–H groups in total. The van der Waals surface area contributed by atoms with Gasteiger partial charge in [0.2, 0.25) is 5.75 Å². The lowest BCUT2D eigenvalue weighted by Crippen LogP contribution is -2.05. The van der Waals surface area contributed by atoms with Crippen molar-refractivity contribution < 1.29 is 19.0 Å². The molecule has 0 atom stereocenters. The van der Waals surface area contributed by atoms with Crippen LogP contribution in [0.1, 0.15) is 15.9 Å². The number of hydrogen-bond donors (Lipinski definition) is 0. The summed E-state index contributed by atoms with van der Waals surface area (Å²) in [7, 11) is 4.54. The molecule has 106 valence electrons. The molecule has 0 bridgehead atoms. The zero-order valence-corrected chi connectivity index (χ0v) is 13.6. The Hall–Kier alpha value is -1.53. The Bertz CT molecular complexity index is 636. The molecule has 1 aromatic carbocycles. The second-order valence-corrected chi connectivity index (χ2v) is 6.14. The number of rotatable bonds is 5. The first-order chi connectivity index (χ1) is 9.62. The highest BCUT2D eigenvalue weighted by molar-refractivity contribution is 9.11. The fourth-order valence-corrected chi connectivity index (χ4v) is 3.00. The zero-order chi connectivity index (χ0) is 14.7. The number of carbonyl (C=O) groups excluding carboxylic acids is 1. The van der Waals surface area contributed by atoms with Gasteiger partial charge in [0, 0.05) is 10.9 Å². The number of ether oxygens (including phenoxy) is 3. The molecule has 4 nitrogen and oxygen atoms in total. The maximum atomic E-state index is 12.5. The van der Waals surface area contributed by atoms with E-state index in [1.807, 2.05) is 0 Å². The quantitative estimate of drug-likeness (QED) is 0.765. The molecule has 0 aliphatic heterocycles. The van der Waals surface area contributed by atoms with Crippen LogP contribution in [0.25, 0.3) is 0 Å². The number of benzene rings is 1. The van der Waals surface area contributed by atoms with Gasteiger partial charge in [-0.05, 0) is 34.1 Å². The van der Waals surface area contributed by atoms with Crippen LogP contribution in [0.2, 0.25) is 0 Å². The van der Waals surface area contributed by atoms with Crippen LogP contribution in [0.4, 0.5) is 0 Å². The first kappa shape index (κ1) is 14.9. The summed E-state index contributed by atoms with van der Waals surface area (Å²) in [6.45, 7) is 0. The molecule has 0 fully saturated rings.